The van der Waals surface area contributed by atoms with Crippen LogP contribution < -0.4 is 0 Å². The average molecular weight is 654 g/mol. The summed E-state index contributed by atoms with van der Waals surface area (Å²) in [5.74, 6) is 0. The van der Waals surface area contributed by atoms with Crippen LogP contribution in [-0.4, -0.2) is 30.0 Å². The van der Waals surface area contributed by atoms with Crippen LogP contribution in [0.4, 0.5) is 0 Å². The molecule has 0 aliphatic rings. The lowest BCUT2D eigenvalue weighted by molar-refractivity contribution is 0.630. The van der Waals surface area contributed by atoms with Gasteiger partial charge in [-0.3, -0.25) is 0 Å². The van der Waals surface area contributed by atoms with E-state index in [2.05, 4.69) is 129 Å². The molecule has 0 radical (unpaired) electrons. The van der Waals surface area contributed by atoms with Gasteiger partial charge in [-0.25, -0.2) is 9.36 Å². The summed E-state index contributed by atoms with van der Waals surface area (Å²) in [4.78, 5) is 0. The van der Waals surface area contributed by atoms with Crippen molar-refractivity contribution < 1.29 is 0 Å². The smallest absolute Gasteiger partial charge is 0.122 e. The summed E-state index contributed by atoms with van der Waals surface area (Å²) < 4.78 is 6.01. The maximum Gasteiger partial charge on any atom is 0.122 e. The van der Waals surface area contributed by atoms with E-state index in [1.54, 1.807) is 0 Å². The minimum atomic E-state index is 0.554. The predicted octanol–water partition coefficient (Wildman–Crippen LogP) is 8.11. The SMILES string of the molecule is Cc1cccc(-c2nnn(Cc3ccc(Br)cc3)c2-c2c(-c3cccc(C)c3)nnn2Cc2ccc(Br)cc2)c1. The molecule has 0 unspecified atom stereocenters. The molecule has 0 spiro atoms. The molecule has 40 heavy (non-hydrogen) atoms. The number of halogens is 2. The van der Waals surface area contributed by atoms with Crippen LogP contribution in [0.3, 0.4) is 0 Å². The van der Waals surface area contributed by atoms with E-state index in [1.807, 2.05) is 33.6 Å². The van der Waals surface area contributed by atoms with Gasteiger partial charge in [0.1, 0.15) is 22.8 Å². The van der Waals surface area contributed by atoms with Crippen molar-refractivity contribution in [1.82, 2.24) is 30.0 Å². The molecule has 2 heterocycles. The van der Waals surface area contributed by atoms with E-state index in [1.165, 1.54) is 0 Å². The summed E-state index contributed by atoms with van der Waals surface area (Å²) in [5.41, 5.74) is 9.93. The lowest BCUT2D eigenvalue weighted by Crippen LogP contribution is -2.10. The van der Waals surface area contributed by atoms with Gasteiger partial charge < -0.3 is 0 Å². The summed E-state index contributed by atoms with van der Waals surface area (Å²) in [6, 6.07) is 33.3. The first kappa shape index (κ1) is 26.3. The van der Waals surface area contributed by atoms with E-state index < -0.39 is 0 Å². The lowest BCUT2D eigenvalue weighted by atomic mass is 10.0. The number of rotatable bonds is 7. The Kier molecular flexibility index (Phi) is 7.45. The highest BCUT2D eigenvalue weighted by atomic mass is 79.9. The Balaban J connectivity index is 1.59. The Bertz CT molecular complexity index is 1650. The van der Waals surface area contributed by atoms with Gasteiger partial charge >= 0.3 is 0 Å². The molecule has 0 amide bonds. The maximum absolute atomic E-state index is 4.74. The van der Waals surface area contributed by atoms with E-state index in [9.17, 15) is 0 Å². The van der Waals surface area contributed by atoms with Gasteiger partial charge in [-0.05, 0) is 61.4 Å². The Morgan fingerprint density at radius 2 is 0.950 bits per heavy atom. The lowest BCUT2D eigenvalue weighted by Gasteiger charge is -2.13. The van der Waals surface area contributed by atoms with Crippen LogP contribution in [0, 0.1) is 13.8 Å². The van der Waals surface area contributed by atoms with Crippen LogP contribution >= 0.6 is 31.9 Å². The fourth-order valence-corrected chi connectivity index (χ4v) is 5.34. The fourth-order valence-electron chi connectivity index (χ4n) is 4.82. The van der Waals surface area contributed by atoms with Gasteiger partial charge in [-0.2, -0.15) is 0 Å². The Morgan fingerprint density at radius 1 is 0.550 bits per heavy atom. The predicted molar refractivity (Wildman–Crippen MR) is 166 cm³/mol. The molecule has 4 aromatic carbocycles. The van der Waals surface area contributed by atoms with E-state index in [-0.39, 0.29) is 0 Å². The molecular weight excluding hydrogens is 628 g/mol. The number of nitrogens with zero attached hydrogens (tertiary/aromatic N) is 6. The highest BCUT2D eigenvalue weighted by molar-refractivity contribution is 9.10. The van der Waals surface area contributed by atoms with Crippen molar-refractivity contribution in [2.24, 2.45) is 0 Å². The van der Waals surface area contributed by atoms with Crippen molar-refractivity contribution >= 4 is 31.9 Å². The first-order chi connectivity index (χ1) is 19.4. The minimum absolute atomic E-state index is 0.554. The van der Waals surface area contributed by atoms with Crippen molar-refractivity contribution in [3.05, 3.63) is 128 Å². The molecule has 0 saturated heterocycles. The summed E-state index contributed by atoms with van der Waals surface area (Å²) in [6.45, 7) is 5.29. The van der Waals surface area contributed by atoms with Gasteiger partial charge in [0.15, 0.2) is 0 Å². The summed E-state index contributed by atoms with van der Waals surface area (Å²) >= 11 is 7.09. The van der Waals surface area contributed by atoms with Gasteiger partial charge in [-0.1, -0.05) is 114 Å². The van der Waals surface area contributed by atoms with Crippen LogP contribution in [0.25, 0.3) is 33.9 Å². The molecule has 0 aliphatic carbocycles. The maximum atomic E-state index is 4.74. The summed E-state index contributed by atoms with van der Waals surface area (Å²) in [7, 11) is 0. The van der Waals surface area contributed by atoms with Crippen LogP contribution in [0.2, 0.25) is 0 Å². The minimum Gasteiger partial charge on any atom is -0.238 e. The van der Waals surface area contributed by atoms with Gasteiger partial charge in [0.2, 0.25) is 0 Å². The zero-order valence-electron chi connectivity index (χ0n) is 22.1. The van der Waals surface area contributed by atoms with Crippen LogP contribution in [-0.2, 0) is 13.1 Å². The first-order valence-electron chi connectivity index (χ1n) is 12.9. The second-order valence-electron chi connectivity index (χ2n) is 9.88. The number of aryl methyl sites for hydroxylation is 2. The van der Waals surface area contributed by atoms with Gasteiger partial charge in [0, 0.05) is 20.1 Å². The number of hydrogen-bond acceptors (Lipinski definition) is 4. The average Bonchev–Trinajstić information content (AvgIpc) is 3.55. The highest BCUT2D eigenvalue weighted by Gasteiger charge is 2.26. The third-order valence-corrected chi connectivity index (χ3v) is 7.83. The van der Waals surface area contributed by atoms with Gasteiger partial charge in [0.25, 0.3) is 0 Å². The highest BCUT2D eigenvalue weighted by Crippen LogP contribution is 2.37. The normalized spacial score (nSPS) is 11.2. The molecule has 0 aliphatic heterocycles. The molecule has 0 fully saturated rings. The van der Waals surface area contributed by atoms with Crippen molar-refractivity contribution in [2.45, 2.75) is 26.9 Å². The summed E-state index contributed by atoms with van der Waals surface area (Å²) in [6.07, 6.45) is 0. The van der Waals surface area contributed by atoms with Crippen LogP contribution in [0.15, 0.2) is 106 Å². The fraction of sp³-hybridized carbons (Fsp3) is 0.125. The van der Waals surface area contributed by atoms with Crippen LogP contribution in [0.5, 0.6) is 0 Å². The van der Waals surface area contributed by atoms with Crippen molar-refractivity contribution in [2.75, 3.05) is 0 Å². The molecule has 0 bridgehead atoms. The molecule has 6 rings (SSSR count). The number of aromatic nitrogens is 6. The Morgan fingerprint density at radius 3 is 1.32 bits per heavy atom. The zero-order chi connectivity index (χ0) is 27.6. The monoisotopic (exact) mass is 652 g/mol. The molecule has 2 aromatic heterocycles. The quantitative estimate of drug-likeness (QED) is 0.175. The van der Waals surface area contributed by atoms with Gasteiger partial charge in [-0.15, -0.1) is 10.2 Å². The van der Waals surface area contributed by atoms with Crippen LogP contribution in [0.1, 0.15) is 22.3 Å². The topological polar surface area (TPSA) is 61.4 Å². The molecule has 0 atom stereocenters. The Labute approximate surface area is 250 Å². The third kappa shape index (κ3) is 5.55. The largest absolute Gasteiger partial charge is 0.238 e. The van der Waals surface area contributed by atoms with Crippen molar-refractivity contribution in [3.63, 3.8) is 0 Å². The number of hydrogen-bond donors (Lipinski definition) is 0. The molecular formula is C32H26Br2N6. The second kappa shape index (κ2) is 11.3. The zero-order valence-corrected chi connectivity index (χ0v) is 25.3. The Hall–Kier alpha value is -3.88. The third-order valence-electron chi connectivity index (χ3n) is 6.77. The molecule has 6 nitrogen and oxygen atoms in total. The van der Waals surface area contributed by atoms with E-state index >= 15 is 0 Å². The molecule has 0 saturated carbocycles. The standard InChI is InChI=1S/C32H26Br2N6/c1-21-5-3-7-25(17-21)29-31(39(37-35-29)19-23-9-13-27(33)14-10-23)32-30(26-8-4-6-22(2)18-26)36-38-40(32)20-24-11-15-28(34)16-12-24/h3-18H,19-20H2,1-2H3. The number of benzene rings is 4. The van der Waals surface area contributed by atoms with E-state index in [4.69, 9.17) is 10.2 Å². The van der Waals surface area contributed by atoms with Gasteiger partial charge in [0.05, 0.1) is 13.1 Å². The molecule has 0 N–H and O–H groups in total. The molecule has 6 aromatic rings. The van der Waals surface area contributed by atoms with Crippen molar-refractivity contribution in [3.8, 4) is 33.9 Å². The second-order valence-corrected chi connectivity index (χ2v) is 11.7. The van der Waals surface area contributed by atoms with E-state index in [0.717, 1.165) is 65.1 Å². The first-order valence-corrected chi connectivity index (χ1v) is 14.5. The molecule has 198 valence electrons. The summed E-state index contributed by atoms with van der Waals surface area (Å²) in [5, 5.41) is 18.9. The molecule has 8 heteroatoms. The van der Waals surface area contributed by atoms with E-state index in [0.29, 0.717) is 13.1 Å². The van der Waals surface area contributed by atoms with Crippen molar-refractivity contribution in [1.29, 1.82) is 0 Å².